The van der Waals surface area contributed by atoms with Crippen LogP contribution in [-0.2, 0) is 4.74 Å². The van der Waals surface area contributed by atoms with E-state index in [4.69, 9.17) is 16.3 Å². The maximum atomic E-state index is 13.9. The van der Waals surface area contributed by atoms with Crippen LogP contribution in [0.5, 0.6) is 0 Å². The lowest BCUT2D eigenvalue weighted by atomic mass is 10.2. The molecule has 0 unspecified atom stereocenters. The molecule has 2 aromatic carbocycles. The minimum atomic E-state index is -0.527. The molecule has 0 spiro atoms. The second-order valence-corrected chi connectivity index (χ2v) is 6.79. The normalized spacial score (nSPS) is 11.0. The van der Waals surface area contributed by atoms with E-state index in [1.807, 2.05) is 25.1 Å². The Morgan fingerprint density at radius 3 is 2.83 bits per heavy atom. The topological polar surface area (TPSA) is 42.1 Å². The SMILES string of the molecule is CCOC(=O)c1cc(F)cc(Sc2c(C)[nH]c3cc(Cl)ccc23)c1. The van der Waals surface area contributed by atoms with E-state index in [1.165, 1.54) is 23.9 Å². The molecule has 3 rings (SSSR count). The summed E-state index contributed by atoms with van der Waals surface area (Å²) in [5.74, 6) is -0.995. The van der Waals surface area contributed by atoms with Gasteiger partial charge in [0.2, 0.25) is 0 Å². The molecule has 24 heavy (non-hydrogen) atoms. The summed E-state index contributed by atoms with van der Waals surface area (Å²) in [6.07, 6.45) is 0. The molecule has 0 amide bonds. The van der Waals surface area contributed by atoms with Crippen LogP contribution >= 0.6 is 23.4 Å². The van der Waals surface area contributed by atoms with Gasteiger partial charge in [-0.15, -0.1) is 0 Å². The van der Waals surface area contributed by atoms with E-state index in [1.54, 1.807) is 13.0 Å². The van der Waals surface area contributed by atoms with Crippen molar-refractivity contribution >= 4 is 40.2 Å². The van der Waals surface area contributed by atoms with Crippen LogP contribution < -0.4 is 0 Å². The fourth-order valence-electron chi connectivity index (χ4n) is 2.48. The quantitative estimate of drug-likeness (QED) is 0.614. The average Bonchev–Trinajstić information content (AvgIpc) is 2.82. The Morgan fingerprint density at radius 1 is 1.29 bits per heavy atom. The van der Waals surface area contributed by atoms with Crippen molar-refractivity contribution in [2.75, 3.05) is 6.61 Å². The summed E-state index contributed by atoms with van der Waals surface area (Å²) < 4.78 is 18.8. The number of hydrogen-bond donors (Lipinski definition) is 1. The molecule has 124 valence electrons. The van der Waals surface area contributed by atoms with Gasteiger partial charge in [-0.25, -0.2) is 9.18 Å². The molecule has 0 aliphatic heterocycles. The molecule has 6 heteroatoms. The molecule has 0 aliphatic rings. The molecule has 0 saturated heterocycles. The minimum Gasteiger partial charge on any atom is -0.462 e. The van der Waals surface area contributed by atoms with E-state index in [-0.39, 0.29) is 12.2 Å². The summed E-state index contributed by atoms with van der Waals surface area (Å²) in [7, 11) is 0. The highest BCUT2D eigenvalue weighted by molar-refractivity contribution is 7.99. The van der Waals surface area contributed by atoms with Crippen molar-refractivity contribution in [2.45, 2.75) is 23.6 Å². The van der Waals surface area contributed by atoms with Gasteiger partial charge in [0, 0.05) is 31.4 Å². The van der Waals surface area contributed by atoms with E-state index in [0.717, 1.165) is 21.5 Å². The van der Waals surface area contributed by atoms with Gasteiger partial charge in [0.15, 0.2) is 0 Å². The van der Waals surface area contributed by atoms with Crippen LogP contribution in [0.15, 0.2) is 46.2 Å². The molecule has 0 atom stereocenters. The molecule has 3 nitrogen and oxygen atoms in total. The number of ether oxygens (including phenoxy) is 1. The molecule has 1 heterocycles. The highest BCUT2D eigenvalue weighted by atomic mass is 35.5. The van der Waals surface area contributed by atoms with E-state index >= 15 is 0 Å². The third-order valence-electron chi connectivity index (χ3n) is 3.49. The van der Waals surface area contributed by atoms with Crippen LogP contribution in [0, 0.1) is 12.7 Å². The Balaban J connectivity index is 2.00. The number of carbonyl (C=O) groups excluding carboxylic acids is 1. The van der Waals surface area contributed by atoms with Gasteiger partial charge in [0.25, 0.3) is 0 Å². The van der Waals surface area contributed by atoms with Crippen molar-refractivity contribution < 1.29 is 13.9 Å². The highest BCUT2D eigenvalue weighted by Crippen LogP contribution is 2.37. The number of rotatable bonds is 4. The number of benzene rings is 2. The number of hydrogen-bond acceptors (Lipinski definition) is 3. The number of carbonyl (C=O) groups is 1. The molecular formula is C18H15ClFNO2S. The lowest BCUT2D eigenvalue weighted by molar-refractivity contribution is 0.0525. The molecule has 0 bridgehead atoms. The number of aromatic nitrogens is 1. The third kappa shape index (κ3) is 3.42. The van der Waals surface area contributed by atoms with E-state index in [9.17, 15) is 9.18 Å². The number of aryl methyl sites for hydroxylation is 1. The van der Waals surface area contributed by atoms with E-state index < -0.39 is 11.8 Å². The van der Waals surface area contributed by atoms with Crippen molar-refractivity contribution in [1.82, 2.24) is 4.98 Å². The van der Waals surface area contributed by atoms with Gasteiger partial charge >= 0.3 is 5.97 Å². The predicted molar refractivity (Wildman–Crippen MR) is 94.5 cm³/mol. The summed E-state index contributed by atoms with van der Waals surface area (Å²) in [5.41, 5.74) is 2.09. The Morgan fingerprint density at radius 2 is 2.08 bits per heavy atom. The average molecular weight is 364 g/mol. The fourth-order valence-corrected chi connectivity index (χ4v) is 3.74. The second kappa shape index (κ2) is 6.87. The van der Waals surface area contributed by atoms with Gasteiger partial charge in [-0.05, 0) is 44.2 Å². The van der Waals surface area contributed by atoms with Crippen LogP contribution in [0.25, 0.3) is 10.9 Å². The lowest BCUT2D eigenvalue weighted by Crippen LogP contribution is -2.05. The van der Waals surface area contributed by atoms with Crippen LogP contribution in [0.2, 0.25) is 5.02 Å². The Bertz CT molecular complexity index is 923. The number of H-pyrrole nitrogens is 1. The van der Waals surface area contributed by atoms with Crippen molar-refractivity contribution in [2.24, 2.45) is 0 Å². The molecule has 0 fully saturated rings. The van der Waals surface area contributed by atoms with Gasteiger partial charge in [0.1, 0.15) is 5.82 Å². The predicted octanol–water partition coefficient (Wildman–Crippen LogP) is 5.60. The molecule has 1 N–H and O–H groups in total. The Hall–Kier alpha value is -1.98. The van der Waals surface area contributed by atoms with Gasteiger partial charge in [-0.3, -0.25) is 0 Å². The van der Waals surface area contributed by atoms with Crippen LogP contribution in [0.1, 0.15) is 23.0 Å². The standard InChI is InChI=1S/C18H15ClFNO2S/c1-3-23-18(22)11-6-13(20)9-14(7-11)24-17-10(2)21-16-8-12(19)4-5-15(16)17/h4-9,21H,3H2,1-2H3. The Labute approximate surface area is 148 Å². The second-order valence-electron chi connectivity index (χ2n) is 5.27. The molecule has 1 aromatic heterocycles. The zero-order valence-electron chi connectivity index (χ0n) is 13.2. The number of halogens is 2. The number of esters is 1. The lowest BCUT2D eigenvalue weighted by Gasteiger charge is -2.06. The summed E-state index contributed by atoms with van der Waals surface area (Å²) in [6.45, 7) is 3.91. The van der Waals surface area contributed by atoms with Crippen molar-refractivity contribution in [3.63, 3.8) is 0 Å². The first-order valence-corrected chi connectivity index (χ1v) is 8.60. The van der Waals surface area contributed by atoms with Crippen molar-refractivity contribution in [3.8, 4) is 0 Å². The minimum absolute atomic E-state index is 0.208. The first-order valence-electron chi connectivity index (χ1n) is 7.41. The van der Waals surface area contributed by atoms with E-state index in [0.29, 0.717) is 9.92 Å². The summed E-state index contributed by atoms with van der Waals surface area (Å²) in [5, 5.41) is 1.65. The third-order valence-corrected chi connectivity index (χ3v) is 4.93. The monoisotopic (exact) mass is 363 g/mol. The molecule has 0 radical (unpaired) electrons. The molecule has 0 aliphatic carbocycles. The largest absolute Gasteiger partial charge is 0.462 e. The smallest absolute Gasteiger partial charge is 0.338 e. The van der Waals surface area contributed by atoms with Gasteiger partial charge in [-0.2, -0.15) is 0 Å². The van der Waals surface area contributed by atoms with Crippen molar-refractivity contribution in [1.29, 1.82) is 0 Å². The fraction of sp³-hybridized carbons (Fsp3) is 0.167. The van der Waals surface area contributed by atoms with Gasteiger partial charge in [-0.1, -0.05) is 29.4 Å². The maximum absolute atomic E-state index is 13.9. The first-order chi connectivity index (χ1) is 11.5. The summed E-state index contributed by atoms with van der Waals surface area (Å²) >= 11 is 7.42. The number of nitrogens with one attached hydrogen (secondary N) is 1. The molecule has 0 saturated carbocycles. The molecule has 3 aromatic rings. The maximum Gasteiger partial charge on any atom is 0.338 e. The summed E-state index contributed by atoms with van der Waals surface area (Å²) in [4.78, 5) is 16.7. The van der Waals surface area contributed by atoms with E-state index in [2.05, 4.69) is 4.98 Å². The van der Waals surface area contributed by atoms with Gasteiger partial charge in [0.05, 0.1) is 12.2 Å². The molecular weight excluding hydrogens is 349 g/mol. The highest BCUT2D eigenvalue weighted by Gasteiger charge is 2.14. The number of aromatic amines is 1. The zero-order chi connectivity index (χ0) is 17.3. The Kier molecular flexibility index (Phi) is 4.83. The summed E-state index contributed by atoms with van der Waals surface area (Å²) in [6, 6.07) is 9.82. The number of fused-ring (bicyclic) bond motifs is 1. The van der Waals surface area contributed by atoms with Crippen molar-refractivity contribution in [3.05, 3.63) is 58.5 Å². The van der Waals surface area contributed by atoms with Crippen LogP contribution in [0.3, 0.4) is 0 Å². The van der Waals surface area contributed by atoms with Gasteiger partial charge < -0.3 is 9.72 Å². The van der Waals surface area contributed by atoms with Crippen LogP contribution in [-0.4, -0.2) is 17.6 Å². The first kappa shape index (κ1) is 16.9. The zero-order valence-corrected chi connectivity index (χ0v) is 14.7. The van der Waals surface area contributed by atoms with Crippen LogP contribution in [0.4, 0.5) is 4.39 Å².